The quantitative estimate of drug-likeness (QED) is 0.609. The lowest BCUT2D eigenvalue weighted by atomic mass is 10.0. The number of allylic oxidation sites excluding steroid dienone is 2. The molecule has 13 heavy (non-hydrogen) atoms. The van der Waals surface area contributed by atoms with Gasteiger partial charge < -0.3 is 0 Å². The van der Waals surface area contributed by atoms with Gasteiger partial charge in [-0.25, -0.2) is 0 Å². The molecule has 0 atom stereocenters. The molecule has 1 aromatic rings. The maximum atomic E-state index is 3.73. The molecule has 0 aliphatic carbocycles. The molecule has 0 N–H and O–H groups in total. The molecule has 0 nitrogen and oxygen atoms in total. The van der Waals surface area contributed by atoms with Crippen LogP contribution in [0, 0.1) is 7.43 Å². The van der Waals surface area contributed by atoms with Crippen LogP contribution in [0.25, 0.3) is 0 Å². The van der Waals surface area contributed by atoms with Crippen molar-refractivity contribution in [3.63, 3.8) is 0 Å². The Bertz CT molecular complexity index is 242. The molecular formula is C13H15. The van der Waals surface area contributed by atoms with E-state index in [9.17, 15) is 0 Å². The van der Waals surface area contributed by atoms with Crippen molar-refractivity contribution in [3.05, 3.63) is 68.1 Å². The second kappa shape index (κ2) is 6.24. The van der Waals surface area contributed by atoms with Gasteiger partial charge in [0.15, 0.2) is 0 Å². The average molecular weight is 171 g/mol. The summed E-state index contributed by atoms with van der Waals surface area (Å²) in [5.74, 6) is 0. The Morgan fingerprint density at radius 2 is 1.31 bits per heavy atom. The van der Waals surface area contributed by atoms with Gasteiger partial charge in [0, 0.05) is 0 Å². The molecule has 1 aromatic carbocycles. The third-order valence-corrected chi connectivity index (χ3v) is 1.85. The van der Waals surface area contributed by atoms with Crippen LogP contribution in [0.1, 0.15) is 11.1 Å². The summed E-state index contributed by atoms with van der Waals surface area (Å²) in [6, 6.07) is 8.40. The second-order valence-electron chi connectivity index (χ2n) is 2.75. The van der Waals surface area contributed by atoms with Gasteiger partial charge >= 0.3 is 0 Å². The van der Waals surface area contributed by atoms with Crippen molar-refractivity contribution < 1.29 is 0 Å². The van der Waals surface area contributed by atoms with E-state index in [0.717, 1.165) is 12.8 Å². The Morgan fingerprint density at radius 1 is 0.923 bits per heavy atom. The van der Waals surface area contributed by atoms with Gasteiger partial charge in [0.05, 0.1) is 0 Å². The summed E-state index contributed by atoms with van der Waals surface area (Å²) in [5, 5.41) is 0. The molecule has 0 spiro atoms. The molecule has 0 saturated heterocycles. The highest BCUT2D eigenvalue weighted by molar-refractivity contribution is 5.30. The van der Waals surface area contributed by atoms with Gasteiger partial charge in [-0.1, -0.05) is 36.4 Å². The first-order valence-corrected chi connectivity index (χ1v) is 4.17. The van der Waals surface area contributed by atoms with Crippen molar-refractivity contribution in [2.24, 2.45) is 0 Å². The highest BCUT2D eigenvalue weighted by atomic mass is 14.0. The largest absolute Gasteiger partial charge is 0.103 e. The van der Waals surface area contributed by atoms with Gasteiger partial charge in [-0.2, -0.15) is 0 Å². The standard InChI is InChI=1S/C12H14.CH/c1-3-7-11-9-5-6-10-12(11)8-4-2;/h3-6,9-10H,1-2,7-8H2;1H. The van der Waals surface area contributed by atoms with Crippen LogP contribution in [0.5, 0.6) is 0 Å². The van der Waals surface area contributed by atoms with Crippen LogP contribution < -0.4 is 0 Å². The highest BCUT2D eigenvalue weighted by Gasteiger charge is 1.96. The highest BCUT2D eigenvalue weighted by Crippen LogP contribution is 2.10. The summed E-state index contributed by atoms with van der Waals surface area (Å²) in [6.45, 7) is 7.46. The predicted molar refractivity (Wildman–Crippen MR) is 58.5 cm³/mol. The molecular weight excluding hydrogens is 156 g/mol. The van der Waals surface area contributed by atoms with E-state index in [2.05, 4.69) is 37.4 Å². The van der Waals surface area contributed by atoms with Crippen LogP contribution in [0.4, 0.5) is 0 Å². The summed E-state index contributed by atoms with van der Waals surface area (Å²) in [4.78, 5) is 0. The minimum atomic E-state index is 0. The second-order valence-corrected chi connectivity index (χ2v) is 2.75. The third-order valence-electron chi connectivity index (χ3n) is 1.85. The van der Waals surface area contributed by atoms with Gasteiger partial charge in [0.1, 0.15) is 0 Å². The van der Waals surface area contributed by atoms with Crippen molar-refractivity contribution in [1.82, 2.24) is 0 Å². The topological polar surface area (TPSA) is 0 Å². The minimum Gasteiger partial charge on any atom is -0.103 e. The Kier molecular flexibility index (Phi) is 5.62. The van der Waals surface area contributed by atoms with E-state index in [1.807, 2.05) is 12.2 Å². The smallest absolute Gasteiger partial charge is 0.00973 e. The molecule has 3 radical (unpaired) electrons. The lowest BCUT2D eigenvalue weighted by Gasteiger charge is -2.03. The fourth-order valence-electron chi connectivity index (χ4n) is 1.27. The first-order chi connectivity index (χ1) is 5.88. The first-order valence-electron chi connectivity index (χ1n) is 4.17. The zero-order chi connectivity index (χ0) is 8.81. The predicted octanol–water partition coefficient (Wildman–Crippen LogP) is 3.35. The average Bonchev–Trinajstić information content (AvgIpc) is 2.09. The zero-order valence-corrected chi connectivity index (χ0v) is 7.87. The van der Waals surface area contributed by atoms with E-state index < -0.39 is 0 Å². The Morgan fingerprint density at radius 3 is 1.62 bits per heavy atom. The van der Waals surface area contributed by atoms with E-state index in [4.69, 9.17) is 0 Å². The maximum absolute atomic E-state index is 3.73. The molecule has 1 rings (SSSR count). The number of benzene rings is 1. The van der Waals surface area contributed by atoms with E-state index >= 15 is 0 Å². The summed E-state index contributed by atoms with van der Waals surface area (Å²) in [7, 11) is 0. The molecule has 0 amide bonds. The van der Waals surface area contributed by atoms with Crippen LogP contribution in [0.2, 0.25) is 0 Å². The third kappa shape index (κ3) is 3.29. The van der Waals surface area contributed by atoms with E-state index in [0.29, 0.717) is 0 Å². The van der Waals surface area contributed by atoms with Gasteiger partial charge in [0.25, 0.3) is 0 Å². The fourth-order valence-corrected chi connectivity index (χ4v) is 1.27. The van der Waals surface area contributed by atoms with Gasteiger partial charge in [-0.15, -0.1) is 13.2 Å². The lowest BCUT2D eigenvalue weighted by molar-refractivity contribution is 1.15. The van der Waals surface area contributed by atoms with Gasteiger partial charge in [-0.3, -0.25) is 0 Å². The monoisotopic (exact) mass is 171 g/mol. The van der Waals surface area contributed by atoms with Crippen molar-refractivity contribution in [2.75, 3.05) is 0 Å². The van der Waals surface area contributed by atoms with Crippen LogP contribution in [-0.2, 0) is 12.8 Å². The number of hydrogen-bond acceptors (Lipinski definition) is 0. The van der Waals surface area contributed by atoms with E-state index in [-0.39, 0.29) is 7.43 Å². The van der Waals surface area contributed by atoms with Crippen molar-refractivity contribution in [1.29, 1.82) is 0 Å². The van der Waals surface area contributed by atoms with Crippen LogP contribution in [0.3, 0.4) is 0 Å². The molecule has 0 saturated carbocycles. The molecule has 0 bridgehead atoms. The van der Waals surface area contributed by atoms with Gasteiger partial charge in [-0.05, 0) is 31.4 Å². The molecule has 0 aromatic heterocycles. The van der Waals surface area contributed by atoms with Crippen LogP contribution in [-0.4, -0.2) is 0 Å². The summed E-state index contributed by atoms with van der Waals surface area (Å²) >= 11 is 0. The first kappa shape index (κ1) is 11.7. The van der Waals surface area contributed by atoms with E-state index in [1.165, 1.54) is 11.1 Å². The SMILES string of the molecule is C=CCc1ccccc1CC=C.[CH]. The molecule has 0 unspecified atom stereocenters. The molecule has 67 valence electrons. The van der Waals surface area contributed by atoms with E-state index in [1.54, 1.807) is 0 Å². The molecule has 0 aliphatic rings. The maximum Gasteiger partial charge on any atom is -0.00973 e. The Balaban J connectivity index is 0.00000144. The van der Waals surface area contributed by atoms with Crippen molar-refractivity contribution in [3.8, 4) is 0 Å². The minimum absolute atomic E-state index is 0. The number of hydrogen-bond donors (Lipinski definition) is 0. The Labute approximate surface area is 81.6 Å². The van der Waals surface area contributed by atoms with Crippen molar-refractivity contribution in [2.45, 2.75) is 12.8 Å². The zero-order valence-electron chi connectivity index (χ0n) is 7.87. The molecule has 0 heterocycles. The summed E-state index contributed by atoms with van der Waals surface area (Å²) in [5.41, 5.74) is 2.71. The van der Waals surface area contributed by atoms with Crippen molar-refractivity contribution >= 4 is 0 Å². The molecule has 0 heteroatoms. The summed E-state index contributed by atoms with van der Waals surface area (Å²) < 4.78 is 0. The van der Waals surface area contributed by atoms with Gasteiger partial charge in [0.2, 0.25) is 0 Å². The normalized spacial score (nSPS) is 8.62. The lowest BCUT2D eigenvalue weighted by Crippen LogP contribution is -1.89. The number of rotatable bonds is 4. The summed E-state index contributed by atoms with van der Waals surface area (Å²) in [6.07, 6.45) is 5.76. The fraction of sp³-hybridized carbons (Fsp3) is 0.154. The molecule has 0 aliphatic heterocycles. The Hall–Kier alpha value is -1.30. The van der Waals surface area contributed by atoms with Crippen LogP contribution >= 0.6 is 0 Å². The van der Waals surface area contributed by atoms with Crippen LogP contribution in [0.15, 0.2) is 49.6 Å². The molecule has 0 fully saturated rings.